The van der Waals surface area contributed by atoms with Gasteiger partial charge in [-0.15, -0.1) is 15.3 Å². The number of aromatic nitrogens is 6. The first-order valence-corrected chi connectivity index (χ1v) is 11.1. The Morgan fingerprint density at radius 2 is 2.00 bits per heavy atom. The molecule has 0 spiro atoms. The van der Waals surface area contributed by atoms with Crippen LogP contribution in [0.1, 0.15) is 33.4 Å². The Kier molecular flexibility index (Phi) is 6.43. The third kappa shape index (κ3) is 5.38. The average Bonchev–Trinajstić information content (AvgIpc) is 3.48. The summed E-state index contributed by atoms with van der Waals surface area (Å²) in [6.07, 6.45) is 1.52. The molecule has 0 aliphatic rings. The largest absolute Gasteiger partial charge is 0.271 e. The summed E-state index contributed by atoms with van der Waals surface area (Å²) in [7, 11) is 0. The molecule has 0 aliphatic carbocycles. The summed E-state index contributed by atoms with van der Waals surface area (Å²) >= 11 is 3.20. The predicted molar refractivity (Wildman–Crippen MR) is 119 cm³/mol. The summed E-state index contributed by atoms with van der Waals surface area (Å²) in [5.41, 5.74) is 6.59. The van der Waals surface area contributed by atoms with Crippen molar-refractivity contribution in [2.75, 3.05) is 0 Å². The number of rotatable bonds is 7. The van der Waals surface area contributed by atoms with Crippen molar-refractivity contribution in [1.29, 1.82) is 0 Å². The van der Waals surface area contributed by atoms with Gasteiger partial charge in [0.15, 0.2) is 4.34 Å². The molecule has 156 valence electrons. The van der Waals surface area contributed by atoms with Crippen LogP contribution in [0, 0.1) is 6.92 Å². The van der Waals surface area contributed by atoms with E-state index < -0.39 is 0 Å². The molecule has 4 rings (SSSR count). The highest BCUT2D eigenvalue weighted by molar-refractivity contribution is 8.00. The molecule has 0 saturated heterocycles. The molecule has 0 atom stereocenters. The number of amides is 1. The van der Waals surface area contributed by atoms with Gasteiger partial charge in [-0.1, -0.05) is 47.4 Å². The number of carbonyl (C=O) groups excluding carboxylic acids is 1. The van der Waals surface area contributed by atoms with E-state index in [1.807, 2.05) is 50.2 Å². The molecule has 0 fully saturated rings. The molecule has 2 aromatic carbocycles. The van der Waals surface area contributed by atoms with Crippen molar-refractivity contribution in [3.8, 4) is 5.69 Å². The normalized spacial score (nSPS) is 11.5. The number of hydrazone groups is 1. The third-order valence-corrected chi connectivity index (χ3v) is 6.33. The minimum absolute atomic E-state index is 0.269. The van der Waals surface area contributed by atoms with Gasteiger partial charge in [0, 0.05) is 11.3 Å². The summed E-state index contributed by atoms with van der Waals surface area (Å²) in [5, 5.41) is 24.5. The Balaban J connectivity index is 1.36. The maximum absolute atomic E-state index is 12.5. The standard InChI is InChI=1S/C20H18N8OS2/c1-13(17-4-3-5-18(10-17)28-12-21-26-27-28)22-24-19(29)16-8-6-15(7-9-16)11-30-20-25-23-14(2)31-20/h3-10,12H,11H2,1-2H3,(H,24,29). The summed E-state index contributed by atoms with van der Waals surface area (Å²) in [6.45, 7) is 3.76. The molecule has 0 radical (unpaired) electrons. The molecule has 1 N–H and O–H groups in total. The summed E-state index contributed by atoms with van der Waals surface area (Å²) < 4.78 is 2.50. The van der Waals surface area contributed by atoms with Crippen LogP contribution in [0.3, 0.4) is 0 Å². The highest BCUT2D eigenvalue weighted by Gasteiger charge is 2.07. The number of nitrogens with one attached hydrogen (secondary N) is 1. The molecule has 2 heterocycles. The molecule has 31 heavy (non-hydrogen) atoms. The molecule has 0 unspecified atom stereocenters. The molecular weight excluding hydrogens is 432 g/mol. The van der Waals surface area contributed by atoms with Crippen molar-refractivity contribution >= 4 is 34.7 Å². The topological polar surface area (TPSA) is 111 Å². The van der Waals surface area contributed by atoms with Gasteiger partial charge in [0.25, 0.3) is 5.91 Å². The van der Waals surface area contributed by atoms with Crippen LogP contribution < -0.4 is 5.43 Å². The van der Waals surface area contributed by atoms with E-state index >= 15 is 0 Å². The van der Waals surface area contributed by atoms with Crippen LogP contribution in [0.25, 0.3) is 5.69 Å². The number of thioether (sulfide) groups is 1. The highest BCUT2D eigenvalue weighted by atomic mass is 32.2. The van der Waals surface area contributed by atoms with Crippen molar-refractivity contribution in [1.82, 2.24) is 35.8 Å². The van der Waals surface area contributed by atoms with Crippen LogP contribution in [0.2, 0.25) is 0 Å². The van der Waals surface area contributed by atoms with Crippen LogP contribution in [-0.4, -0.2) is 42.0 Å². The first-order chi connectivity index (χ1) is 15.1. The van der Waals surface area contributed by atoms with Gasteiger partial charge in [0.05, 0.1) is 11.4 Å². The first kappa shape index (κ1) is 20.8. The molecule has 4 aromatic rings. The lowest BCUT2D eigenvalue weighted by Crippen LogP contribution is -2.19. The highest BCUT2D eigenvalue weighted by Crippen LogP contribution is 2.25. The smallest absolute Gasteiger partial charge is 0.267 e. The quantitative estimate of drug-likeness (QED) is 0.261. The van der Waals surface area contributed by atoms with Crippen molar-refractivity contribution in [3.63, 3.8) is 0 Å². The molecule has 0 saturated carbocycles. The van der Waals surface area contributed by atoms with E-state index in [0.717, 1.165) is 31.9 Å². The zero-order valence-electron chi connectivity index (χ0n) is 16.8. The molecule has 2 aromatic heterocycles. The van der Waals surface area contributed by atoms with Crippen LogP contribution in [0.15, 0.2) is 64.3 Å². The lowest BCUT2D eigenvalue weighted by molar-refractivity contribution is 0.0955. The fraction of sp³-hybridized carbons (Fsp3) is 0.150. The second-order valence-electron chi connectivity index (χ2n) is 6.52. The fourth-order valence-electron chi connectivity index (χ4n) is 2.65. The fourth-order valence-corrected chi connectivity index (χ4v) is 4.42. The van der Waals surface area contributed by atoms with Crippen LogP contribution in [0.4, 0.5) is 0 Å². The SMILES string of the molecule is CC(=NNC(=O)c1ccc(CSc2nnc(C)s2)cc1)c1cccc(-n2cnnn2)c1. The van der Waals surface area contributed by atoms with Crippen LogP contribution in [-0.2, 0) is 5.75 Å². The number of nitrogens with zero attached hydrogens (tertiary/aromatic N) is 7. The Hall–Kier alpha value is -3.44. The number of aryl methyl sites for hydroxylation is 1. The summed E-state index contributed by atoms with van der Waals surface area (Å²) in [5.74, 6) is 0.501. The Bertz CT molecular complexity index is 1200. The second kappa shape index (κ2) is 9.58. The molecule has 0 aliphatic heterocycles. The molecule has 9 nitrogen and oxygen atoms in total. The number of tetrazole rings is 1. The Labute approximate surface area is 186 Å². The van der Waals surface area contributed by atoms with Gasteiger partial charge >= 0.3 is 0 Å². The number of carbonyl (C=O) groups is 1. The number of hydrogen-bond acceptors (Lipinski definition) is 9. The van der Waals surface area contributed by atoms with Gasteiger partial charge in [-0.2, -0.15) is 5.10 Å². The third-order valence-electron chi connectivity index (χ3n) is 4.29. The van der Waals surface area contributed by atoms with E-state index in [1.54, 1.807) is 39.9 Å². The van der Waals surface area contributed by atoms with Crippen molar-refractivity contribution < 1.29 is 4.79 Å². The Morgan fingerprint density at radius 1 is 1.16 bits per heavy atom. The molecule has 1 amide bonds. The van der Waals surface area contributed by atoms with E-state index in [9.17, 15) is 4.79 Å². The molecule has 11 heteroatoms. The summed E-state index contributed by atoms with van der Waals surface area (Å²) in [6, 6.07) is 15.0. The lowest BCUT2D eigenvalue weighted by Gasteiger charge is -2.06. The van der Waals surface area contributed by atoms with Gasteiger partial charge in [-0.05, 0) is 59.7 Å². The first-order valence-electron chi connectivity index (χ1n) is 9.29. The minimum Gasteiger partial charge on any atom is -0.267 e. The maximum Gasteiger partial charge on any atom is 0.271 e. The van der Waals surface area contributed by atoms with Crippen LogP contribution in [0.5, 0.6) is 0 Å². The van der Waals surface area contributed by atoms with Gasteiger partial charge in [0.1, 0.15) is 11.3 Å². The van der Waals surface area contributed by atoms with Gasteiger partial charge in [0.2, 0.25) is 0 Å². The summed E-state index contributed by atoms with van der Waals surface area (Å²) in [4.78, 5) is 12.5. The average molecular weight is 451 g/mol. The van der Waals surface area contributed by atoms with Gasteiger partial charge < -0.3 is 0 Å². The number of benzene rings is 2. The lowest BCUT2D eigenvalue weighted by atomic mass is 10.1. The zero-order valence-corrected chi connectivity index (χ0v) is 18.4. The van der Waals surface area contributed by atoms with Crippen molar-refractivity contribution in [3.05, 3.63) is 76.6 Å². The monoisotopic (exact) mass is 450 g/mol. The molecular formula is C20H18N8OS2. The van der Waals surface area contributed by atoms with E-state index in [-0.39, 0.29) is 5.91 Å². The van der Waals surface area contributed by atoms with Crippen molar-refractivity contribution in [2.45, 2.75) is 23.9 Å². The van der Waals surface area contributed by atoms with Crippen molar-refractivity contribution in [2.24, 2.45) is 5.10 Å². The van der Waals surface area contributed by atoms with Gasteiger partial charge in [-0.3, -0.25) is 4.79 Å². The van der Waals surface area contributed by atoms with E-state index in [4.69, 9.17) is 0 Å². The van der Waals surface area contributed by atoms with E-state index in [0.29, 0.717) is 11.3 Å². The maximum atomic E-state index is 12.5. The van der Waals surface area contributed by atoms with Gasteiger partial charge in [-0.25, -0.2) is 10.1 Å². The van der Waals surface area contributed by atoms with Crippen LogP contribution >= 0.6 is 23.1 Å². The molecule has 0 bridgehead atoms. The predicted octanol–water partition coefficient (Wildman–Crippen LogP) is 3.27. The second-order valence-corrected chi connectivity index (χ2v) is 8.92. The Morgan fingerprint density at radius 3 is 2.71 bits per heavy atom. The zero-order chi connectivity index (χ0) is 21.6. The minimum atomic E-state index is -0.269. The van der Waals surface area contributed by atoms with E-state index in [2.05, 4.69) is 36.3 Å². The number of hydrogen-bond donors (Lipinski definition) is 1. The van der Waals surface area contributed by atoms with E-state index in [1.165, 1.54) is 6.33 Å².